The van der Waals surface area contributed by atoms with Crippen LogP contribution in [0.15, 0.2) is 18.2 Å². The third-order valence-electron chi connectivity index (χ3n) is 3.33. The van der Waals surface area contributed by atoms with Crippen molar-refractivity contribution in [3.8, 4) is 0 Å². The lowest BCUT2D eigenvalue weighted by Crippen LogP contribution is -2.51. The highest BCUT2D eigenvalue weighted by atomic mass is 79.9. The standard InChI is InChI=1S/C13H14BrFN2O4/c1-8-7-21-10(5-14)6-16(8)13(18)11-3-2-9(17(19)20)4-12(11)15/h2-4,8,10H,5-7H2,1H3. The van der Waals surface area contributed by atoms with Crippen LogP contribution in [0.5, 0.6) is 0 Å². The van der Waals surface area contributed by atoms with Crippen LogP contribution >= 0.6 is 15.9 Å². The van der Waals surface area contributed by atoms with E-state index in [9.17, 15) is 19.3 Å². The molecule has 0 saturated carbocycles. The lowest BCUT2D eigenvalue weighted by Gasteiger charge is -2.37. The summed E-state index contributed by atoms with van der Waals surface area (Å²) in [6.07, 6.45) is -0.147. The molecule has 0 bridgehead atoms. The predicted octanol–water partition coefficient (Wildman–Crippen LogP) is 2.36. The van der Waals surface area contributed by atoms with Gasteiger partial charge in [-0.25, -0.2) is 4.39 Å². The van der Waals surface area contributed by atoms with E-state index in [1.807, 2.05) is 6.92 Å². The number of hydrogen-bond donors (Lipinski definition) is 0. The molecule has 0 spiro atoms. The van der Waals surface area contributed by atoms with E-state index in [-0.39, 0.29) is 23.4 Å². The van der Waals surface area contributed by atoms with E-state index >= 15 is 0 Å². The lowest BCUT2D eigenvalue weighted by molar-refractivity contribution is -0.385. The normalized spacial score (nSPS) is 22.1. The maximum Gasteiger partial charge on any atom is 0.272 e. The number of rotatable bonds is 3. The molecule has 0 radical (unpaired) electrons. The Balaban J connectivity index is 2.24. The number of alkyl halides is 1. The Kier molecular flexibility index (Phi) is 4.89. The highest BCUT2D eigenvalue weighted by Gasteiger charge is 2.31. The van der Waals surface area contributed by atoms with Crippen LogP contribution in [0, 0.1) is 15.9 Å². The van der Waals surface area contributed by atoms with Crippen molar-refractivity contribution < 1.29 is 18.8 Å². The summed E-state index contributed by atoms with van der Waals surface area (Å²) in [7, 11) is 0. The van der Waals surface area contributed by atoms with E-state index in [1.54, 1.807) is 0 Å². The number of nitro groups is 1. The number of morpholine rings is 1. The molecule has 1 aromatic rings. The predicted molar refractivity (Wildman–Crippen MR) is 77.1 cm³/mol. The van der Waals surface area contributed by atoms with E-state index in [2.05, 4.69) is 15.9 Å². The van der Waals surface area contributed by atoms with Crippen molar-refractivity contribution in [3.63, 3.8) is 0 Å². The fourth-order valence-corrected chi connectivity index (χ4v) is 2.53. The van der Waals surface area contributed by atoms with Gasteiger partial charge in [-0.3, -0.25) is 14.9 Å². The highest BCUT2D eigenvalue weighted by Crippen LogP contribution is 2.21. The summed E-state index contributed by atoms with van der Waals surface area (Å²) >= 11 is 3.29. The topological polar surface area (TPSA) is 72.7 Å². The van der Waals surface area contributed by atoms with E-state index in [0.29, 0.717) is 18.5 Å². The van der Waals surface area contributed by atoms with Gasteiger partial charge in [-0.1, -0.05) is 15.9 Å². The van der Waals surface area contributed by atoms with Gasteiger partial charge >= 0.3 is 0 Å². The summed E-state index contributed by atoms with van der Waals surface area (Å²) in [6, 6.07) is 2.87. The van der Waals surface area contributed by atoms with Crippen molar-refractivity contribution in [3.05, 3.63) is 39.7 Å². The van der Waals surface area contributed by atoms with Gasteiger partial charge in [0.05, 0.1) is 35.3 Å². The molecule has 1 fully saturated rings. The zero-order valence-corrected chi connectivity index (χ0v) is 12.9. The van der Waals surface area contributed by atoms with Crippen LogP contribution in [0.25, 0.3) is 0 Å². The number of halogens is 2. The molecule has 1 aliphatic heterocycles. The van der Waals surface area contributed by atoms with Crippen molar-refractivity contribution in [1.29, 1.82) is 0 Å². The molecule has 1 saturated heterocycles. The SMILES string of the molecule is CC1COC(CBr)CN1C(=O)c1ccc([N+](=O)[O-])cc1F. The minimum Gasteiger partial charge on any atom is -0.373 e. The second-order valence-corrected chi connectivity index (χ2v) is 5.48. The third kappa shape index (κ3) is 3.38. The average molecular weight is 361 g/mol. The minimum atomic E-state index is -0.886. The first-order valence-electron chi connectivity index (χ1n) is 6.36. The number of amides is 1. The van der Waals surface area contributed by atoms with Crippen LogP contribution in [0.3, 0.4) is 0 Å². The lowest BCUT2D eigenvalue weighted by atomic mass is 10.1. The molecule has 1 amide bonds. The van der Waals surface area contributed by atoms with Crippen LogP contribution in [-0.2, 0) is 4.74 Å². The Morgan fingerprint density at radius 2 is 2.33 bits per heavy atom. The third-order valence-corrected chi connectivity index (χ3v) is 4.05. The highest BCUT2D eigenvalue weighted by molar-refractivity contribution is 9.09. The molecular weight excluding hydrogens is 347 g/mol. The zero-order valence-electron chi connectivity index (χ0n) is 11.3. The Labute approximate surface area is 129 Å². The first-order chi connectivity index (χ1) is 9.93. The average Bonchev–Trinajstić information content (AvgIpc) is 2.47. The second kappa shape index (κ2) is 6.48. The second-order valence-electron chi connectivity index (χ2n) is 4.84. The molecule has 2 unspecified atom stereocenters. The zero-order chi connectivity index (χ0) is 15.6. The van der Waals surface area contributed by atoms with Crippen molar-refractivity contribution in [2.45, 2.75) is 19.1 Å². The summed E-state index contributed by atoms with van der Waals surface area (Å²) in [5.74, 6) is -1.37. The van der Waals surface area contributed by atoms with Crippen molar-refractivity contribution in [2.24, 2.45) is 0 Å². The summed E-state index contributed by atoms with van der Waals surface area (Å²) in [6.45, 7) is 2.53. The number of hydrogen-bond acceptors (Lipinski definition) is 4. The van der Waals surface area contributed by atoms with E-state index in [4.69, 9.17) is 4.74 Å². The number of non-ortho nitro benzene ring substituents is 1. The first-order valence-corrected chi connectivity index (χ1v) is 7.48. The molecule has 2 atom stereocenters. The molecule has 114 valence electrons. The number of nitro benzene ring substituents is 1. The summed E-state index contributed by atoms with van der Waals surface area (Å²) in [5, 5.41) is 11.2. The monoisotopic (exact) mass is 360 g/mol. The first kappa shape index (κ1) is 15.8. The summed E-state index contributed by atoms with van der Waals surface area (Å²) in [5.41, 5.74) is -0.542. The van der Waals surface area contributed by atoms with Gasteiger partial charge in [0.25, 0.3) is 11.6 Å². The summed E-state index contributed by atoms with van der Waals surface area (Å²) < 4.78 is 19.4. The maximum absolute atomic E-state index is 13.9. The quantitative estimate of drug-likeness (QED) is 0.471. The Morgan fingerprint density at radius 1 is 1.62 bits per heavy atom. The van der Waals surface area contributed by atoms with E-state index < -0.39 is 16.6 Å². The van der Waals surface area contributed by atoms with Gasteiger partial charge in [0, 0.05) is 17.9 Å². The smallest absolute Gasteiger partial charge is 0.272 e. The van der Waals surface area contributed by atoms with Crippen molar-refractivity contribution in [2.75, 3.05) is 18.5 Å². The maximum atomic E-state index is 13.9. The van der Waals surface area contributed by atoms with Crippen molar-refractivity contribution >= 4 is 27.5 Å². The van der Waals surface area contributed by atoms with Crippen molar-refractivity contribution in [1.82, 2.24) is 4.90 Å². The number of ether oxygens (including phenoxy) is 1. The van der Waals surface area contributed by atoms with Gasteiger partial charge in [0.15, 0.2) is 0 Å². The van der Waals surface area contributed by atoms with Gasteiger partial charge < -0.3 is 9.64 Å². The fourth-order valence-electron chi connectivity index (χ4n) is 2.14. The van der Waals surface area contributed by atoms with E-state index in [0.717, 1.165) is 18.2 Å². The summed E-state index contributed by atoms with van der Waals surface area (Å²) in [4.78, 5) is 23.8. The number of carbonyl (C=O) groups excluding carboxylic acids is 1. The molecule has 0 N–H and O–H groups in total. The van der Waals surface area contributed by atoms with Gasteiger partial charge in [-0.15, -0.1) is 0 Å². The molecule has 8 heteroatoms. The van der Waals surface area contributed by atoms with Crippen LogP contribution in [-0.4, -0.2) is 46.4 Å². The Morgan fingerprint density at radius 3 is 2.90 bits per heavy atom. The molecule has 21 heavy (non-hydrogen) atoms. The largest absolute Gasteiger partial charge is 0.373 e. The molecule has 2 rings (SSSR count). The van der Waals surface area contributed by atoms with Gasteiger partial charge in [0.2, 0.25) is 0 Å². The minimum absolute atomic E-state index is 0.147. The van der Waals surface area contributed by atoms with Gasteiger partial charge in [-0.05, 0) is 13.0 Å². The fraction of sp³-hybridized carbons (Fsp3) is 0.462. The molecule has 1 aromatic carbocycles. The molecule has 0 aliphatic carbocycles. The molecule has 1 aliphatic rings. The van der Waals surface area contributed by atoms with Gasteiger partial charge in [0.1, 0.15) is 5.82 Å². The van der Waals surface area contributed by atoms with Crippen LogP contribution < -0.4 is 0 Å². The van der Waals surface area contributed by atoms with Crippen LogP contribution in [0.4, 0.5) is 10.1 Å². The Bertz CT molecular complexity index is 569. The molecule has 1 heterocycles. The van der Waals surface area contributed by atoms with Crippen LogP contribution in [0.1, 0.15) is 17.3 Å². The van der Waals surface area contributed by atoms with E-state index in [1.165, 1.54) is 4.90 Å². The number of carbonyl (C=O) groups is 1. The van der Waals surface area contributed by atoms with Crippen LogP contribution in [0.2, 0.25) is 0 Å². The van der Waals surface area contributed by atoms with Gasteiger partial charge in [-0.2, -0.15) is 0 Å². The number of benzene rings is 1. The molecule has 6 nitrogen and oxygen atoms in total. The Hall–Kier alpha value is -1.54. The number of nitrogens with zero attached hydrogens (tertiary/aromatic N) is 2. The molecule has 0 aromatic heterocycles. The molecular formula is C13H14BrFN2O4.